The van der Waals surface area contributed by atoms with Gasteiger partial charge in [0, 0.05) is 43.7 Å². The number of carbonyl (C=O) groups is 3. The quantitative estimate of drug-likeness (QED) is 0.609. The van der Waals surface area contributed by atoms with Crippen LogP contribution in [0.5, 0.6) is 11.5 Å². The summed E-state index contributed by atoms with van der Waals surface area (Å²) in [7, 11) is 1.56. The summed E-state index contributed by atoms with van der Waals surface area (Å²) in [6, 6.07) is 13.4. The van der Waals surface area contributed by atoms with E-state index in [4.69, 9.17) is 14.2 Å². The lowest BCUT2D eigenvalue weighted by molar-refractivity contribution is -0.120. The number of nitrogens with zero attached hydrogens (tertiary/aromatic N) is 2. The first-order valence-electron chi connectivity index (χ1n) is 13.4. The SMILES string of the molecule is COc1cc(OC2CCC(NC(C)=O)CC2)ccc1C(=O)N1CCC(N2C(=O)OCc3ccccc32)CC1. The Hall–Kier alpha value is -3.75. The number of amides is 3. The minimum Gasteiger partial charge on any atom is -0.496 e. The van der Waals surface area contributed by atoms with Crippen LogP contribution in [-0.2, 0) is 16.1 Å². The Kier molecular flexibility index (Phi) is 7.72. The molecule has 3 amide bonds. The third kappa shape index (κ3) is 5.56. The van der Waals surface area contributed by atoms with Gasteiger partial charge in [-0.25, -0.2) is 4.79 Å². The number of anilines is 1. The van der Waals surface area contributed by atoms with E-state index in [0.29, 0.717) is 49.6 Å². The van der Waals surface area contributed by atoms with E-state index >= 15 is 0 Å². The molecule has 2 aliphatic heterocycles. The van der Waals surface area contributed by atoms with E-state index < -0.39 is 0 Å². The molecule has 0 atom stereocenters. The molecule has 38 heavy (non-hydrogen) atoms. The zero-order valence-electron chi connectivity index (χ0n) is 22.0. The van der Waals surface area contributed by atoms with Crippen LogP contribution in [-0.4, -0.2) is 61.2 Å². The zero-order valence-corrected chi connectivity index (χ0v) is 22.0. The number of likely N-dealkylation sites (tertiary alicyclic amines) is 1. The number of nitrogens with one attached hydrogen (secondary N) is 1. The van der Waals surface area contributed by atoms with Crippen molar-refractivity contribution in [2.45, 2.75) is 70.2 Å². The maximum absolute atomic E-state index is 13.4. The van der Waals surface area contributed by atoms with Crippen molar-refractivity contribution in [1.82, 2.24) is 10.2 Å². The number of para-hydroxylation sites is 1. The van der Waals surface area contributed by atoms with Gasteiger partial charge in [-0.05, 0) is 56.7 Å². The van der Waals surface area contributed by atoms with Crippen LogP contribution >= 0.6 is 0 Å². The number of methoxy groups -OCH3 is 1. The molecule has 202 valence electrons. The highest BCUT2D eigenvalue weighted by Crippen LogP contribution is 2.33. The summed E-state index contributed by atoms with van der Waals surface area (Å²) in [6.07, 6.45) is 4.56. The summed E-state index contributed by atoms with van der Waals surface area (Å²) in [5, 5.41) is 2.98. The van der Waals surface area contributed by atoms with Crippen molar-refractivity contribution in [1.29, 1.82) is 0 Å². The topological polar surface area (TPSA) is 97.4 Å². The van der Waals surface area contributed by atoms with Crippen molar-refractivity contribution >= 4 is 23.6 Å². The number of benzene rings is 2. The fourth-order valence-corrected chi connectivity index (χ4v) is 5.75. The van der Waals surface area contributed by atoms with Crippen LogP contribution in [0, 0.1) is 0 Å². The molecule has 0 unspecified atom stereocenters. The molecule has 2 aromatic carbocycles. The summed E-state index contributed by atoms with van der Waals surface area (Å²) in [4.78, 5) is 40.9. The Labute approximate surface area is 223 Å². The largest absolute Gasteiger partial charge is 0.496 e. The van der Waals surface area contributed by atoms with E-state index in [1.54, 1.807) is 31.1 Å². The Balaban J connectivity index is 1.19. The lowest BCUT2D eigenvalue weighted by Crippen LogP contribution is -2.50. The number of carbonyl (C=O) groups excluding carboxylic acids is 3. The van der Waals surface area contributed by atoms with Gasteiger partial charge in [0.1, 0.15) is 18.1 Å². The zero-order chi connectivity index (χ0) is 26.6. The third-order valence-corrected chi connectivity index (χ3v) is 7.70. The van der Waals surface area contributed by atoms with Crippen molar-refractivity contribution in [3.63, 3.8) is 0 Å². The van der Waals surface area contributed by atoms with E-state index in [0.717, 1.165) is 36.9 Å². The van der Waals surface area contributed by atoms with Gasteiger partial charge in [0.05, 0.1) is 24.5 Å². The molecule has 3 aliphatic rings. The second kappa shape index (κ2) is 11.3. The predicted molar refractivity (Wildman–Crippen MR) is 142 cm³/mol. The van der Waals surface area contributed by atoms with E-state index in [2.05, 4.69) is 5.32 Å². The van der Waals surface area contributed by atoms with Gasteiger partial charge in [0.15, 0.2) is 0 Å². The van der Waals surface area contributed by atoms with Gasteiger partial charge in [0.2, 0.25) is 5.91 Å². The molecule has 5 rings (SSSR count). The number of rotatable bonds is 6. The number of hydrogen-bond acceptors (Lipinski definition) is 6. The number of hydrogen-bond donors (Lipinski definition) is 1. The molecule has 9 heteroatoms. The molecule has 2 aromatic rings. The summed E-state index contributed by atoms with van der Waals surface area (Å²) in [5.41, 5.74) is 2.39. The maximum Gasteiger partial charge on any atom is 0.414 e. The van der Waals surface area contributed by atoms with Crippen LogP contribution < -0.4 is 19.7 Å². The van der Waals surface area contributed by atoms with Crippen molar-refractivity contribution < 1.29 is 28.6 Å². The van der Waals surface area contributed by atoms with E-state index in [-0.39, 0.29) is 36.1 Å². The van der Waals surface area contributed by atoms with Crippen LogP contribution in [0.1, 0.15) is 61.4 Å². The van der Waals surface area contributed by atoms with Crippen LogP contribution in [0.3, 0.4) is 0 Å². The Morgan fingerprint density at radius 3 is 2.45 bits per heavy atom. The Bertz CT molecular complexity index is 1180. The van der Waals surface area contributed by atoms with Gasteiger partial charge in [-0.2, -0.15) is 0 Å². The second-order valence-electron chi connectivity index (χ2n) is 10.2. The molecule has 1 N–H and O–H groups in total. The lowest BCUT2D eigenvalue weighted by Gasteiger charge is -2.40. The van der Waals surface area contributed by atoms with Gasteiger partial charge in [-0.1, -0.05) is 18.2 Å². The average molecular weight is 522 g/mol. The number of cyclic esters (lactones) is 1. The molecule has 2 heterocycles. The van der Waals surface area contributed by atoms with Gasteiger partial charge >= 0.3 is 6.09 Å². The summed E-state index contributed by atoms with van der Waals surface area (Å²) in [6.45, 7) is 2.91. The minimum absolute atomic E-state index is 0.00270. The van der Waals surface area contributed by atoms with Crippen LogP contribution in [0.2, 0.25) is 0 Å². The average Bonchev–Trinajstić information content (AvgIpc) is 2.93. The normalized spacial score (nSPS) is 21.8. The second-order valence-corrected chi connectivity index (χ2v) is 10.2. The minimum atomic E-state index is -0.325. The molecular weight excluding hydrogens is 486 g/mol. The van der Waals surface area contributed by atoms with Gasteiger partial charge < -0.3 is 24.4 Å². The van der Waals surface area contributed by atoms with Crippen LogP contribution in [0.15, 0.2) is 42.5 Å². The molecule has 0 spiro atoms. The fraction of sp³-hybridized carbons (Fsp3) is 0.483. The molecule has 1 saturated heterocycles. The number of piperidine rings is 1. The van der Waals surface area contributed by atoms with Gasteiger partial charge in [-0.15, -0.1) is 0 Å². The number of fused-ring (bicyclic) bond motifs is 1. The molecular formula is C29H35N3O6. The molecule has 9 nitrogen and oxygen atoms in total. The monoisotopic (exact) mass is 521 g/mol. The maximum atomic E-state index is 13.4. The fourth-order valence-electron chi connectivity index (χ4n) is 5.75. The van der Waals surface area contributed by atoms with Crippen LogP contribution in [0.4, 0.5) is 10.5 Å². The summed E-state index contributed by atoms with van der Waals surface area (Å²) < 4.78 is 17.1. The summed E-state index contributed by atoms with van der Waals surface area (Å²) >= 11 is 0. The summed E-state index contributed by atoms with van der Waals surface area (Å²) in [5.74, 6) is 1.06. The van der Waals surface area contributed by atoms with Crippen molar-refractivity contribution in [3.8, 4) is 11.5 Å². The van der Waals surface area contributed by atoms with E-state index in [1.165, 1.54) is 0 Å². The molecule has 1 saturated carbocycles. The first kappa shape index (κ1) is 25.9. The molecule has 2 fully saturated rings. The Morgan fingerprint density at radius 1 is 1.00 bits per heavy atom. The predicted octanol–water partition coefficient (Wildman–Crippen LogP) is 4.28. The van der Waals surface area contributed by atoms with Crippen molar-refractivity contribution in [2.75, 3.05) is 25.1 Å². The molecule has 0 aromatic heterocycles. The lowest BCUT2D eigenvalue weighted by atomic mass is 9.93. The molecule has 0 bridgehead atoms. The number of ether oxygens (including phenoxy) is 3. The first-order valence-corrected chi connectivity index (χ1v) is 13.4. The highest BCUT2D eigenvalue weighted by molar-refractivity contribution is 5.97. The van der Waals surface area contributed by atoms with E-state index in [1.807, 2.05) is 35.2 Å². The van der Waals surface area contributed by atoms with E-state index in [9.17, 15) is 14.4 Å². The van der Waals surface area contributed by atoms with Crippen LogP contribution in [0.25, 0.3) is 0 Å². The Morgan fingerprint density at radius 2 is 1.74 bits per heavy atom. The van der Waals surface area contributed by atoms with Gasteiger partial charge in [0.25, 0.3) is 5.91 Å². The molecule has 0 radical (unpaired) electrons. The highest BCUT2D eigenvalue weighted by atomic mass is 16.6. The van der Waals surface area contributed by atoms with Gasteiger partial charge in [-0.3, -0.25) is 14.5 Å². The standard InChI is InChI=1S/C29H35N3O6/c1-19(33)30-21-7-9-23(10-8-21)38-24-11-12-25(27(17-24)36-2)28(34)31-15-13-22(14-16-31)32-26-6-4-3-5-20(26)18-37-29(32)35/h3-6,11-12,17,21-23H,7-10,13-16,18H2,1-2H3,(H,30,33). The highest BCUT2D eigenvalue weighted by Gasteiger charge is 2.35. The van der Waals surface area contributed by atoms with Crippen molar-refractivity contribution in [3.05, 3.63) is 53.6 Å². The smallest absolute Gasteiger partial charge is 0.414 e. The third-order valence-electron chi connectivity index (χ3n) is 7.70. The first-order chi connectivity index (χ1) is 18.4. The molecule has 1 aliphatic carbocycles. The van der Waals surface area contributed by atoms with Crippen molar-refractivity contribution in [2.24, 2.45) is 0 Å².